The molecule has 4 rings (SSSR count). The van der Waals surface area contributed by atoms with Gasteiger partial charge >= 0.3 is 12.1 Å². The molecule has 0 saturated carbocycles. The molecule has 1 saturated heterocycles. The Balaban J connectivity index is 1.90. The van der Waals surface area contributed by atoms with Gasteiger partial charge in [0.25, 0.3) is 0 Å². The van der Waals surface area contributed by atoms with Crippen LogP contribution in [0.15, 0.2) is 66.7 Å². The molecule has 0 aromatic heterocycles. The number of carboxylic acids is 1. The Labute approximate surface area is 221 Å². The van der Waals surface area contributed by atoms with Gasteiger partial charge in [-0.25, -0.2) is 4.39 Å². The first-order valence-electron chi connectivity index (χ1n) is 13.1. The highest BCUT2D eigenvalue weighted by Gasteiger charge is 2.31. The lowest BCUT2D eigenvalue weighted by Crippen LogP contribution is -2.34. The first-order chi connectivity index (χ1) is 18.0. The van der Waals surface area contributed by atoms with Crippen LogP contribution in [0.4, 0.5) is 17.6 Å². The Kier molecular flexibility index (Phi) is 8.56. The summed E-state index contributed by atoms with van der Waals surface area (Å²) < 4.78 is 53.7. The number of aliphatic carboxylic acids is 1. The molecule has 1 N–H and O–H groups in total. The third-order valence-electron chi connectivity index (χ3n) is 7.24. The van der Waals surface area contributed by atoms with Crippen LogP contribution in [0.5, 0.6) is 0 Å². The Morgan fingerprint density at radius 1 is 0.895 bits per heavy atom. The number of hydrogen-bond acceptors (Lipinski definition) is 2. The molecule has 0 radical (unpaired) electrons. The Morgan fingerprint density at radius 2 is 1.50 bits per heavy atom. The molecule has 202 valence electrons. The zero-order chi connectivity index (χ0) is 27.4. The molecule has 3 aromatic carbocycles. The van der Waals surface area contributed by atoms with E-state index in [1.54, 1.807) is 12.1 Å². The van der Waals surface area contributed by atoms with Gasteiger partial charge in [0.15, 0.2) is 0 Å². The summed E-state index contributed by atoms with van der Waals surface area (Å²) in [5, 5.41) is 9.98. The van der Waals surface area contributed by atoms with Crippen molar-refractivity contribution in [3.63, 3.8) is 0 Å². The van der Waals surface area contributed by atoms with E-state index in [4.69, 9.17) is 0 Å². The molecule has 38 heavy (non-hydrogen) atoms. The Bertz CT molecular complexity index is 1230. The lowest BCUT2D eigenvalue weighted by atomic mass is 9.83. The topological polar surface area (TPSA) is 40.5 Å². The van der Waals surface area contributed by atoms with Crippen LogP contribution >= 0.6 is 0 Å². The van der Waals surface area contributed by atoms with Crippen molar-refractivity contribution in [1.29, 1.82) is 0 Å². The number of rotatable bonds is 8. The number of alkyl halides is 3. The molecule has 1 fully saturated rings. The molecular weight excluding hydrogens is 494 g/mol. The van der Waals surface area contributed by atoms with E-state index in [1.165, 1.54) is 24.3 Å². The summed E-state index contributed by atoms with van der Waals surface area (Å²) in [5.74, 6) is -1.87. The fourth-order valence-corrected chi connectivity index (χ4v) is 5.38. The largest absolute Gasteiger partial charge is 0.481 e. The maximum atomic E-state index is 13.8. The monoisotopic (exact) mass is 527 g/mol. The maximum absolute atomic E-state index is 13.8. The van der Waals surface area contributed by atoms with E-state index in [-0.39, 0.29) is 17.8 Å². The number of halogens is 4. The number of nitrogens with zero attached hydrogens (tertiary/aromatic N) is 1. The highest BCUT2D eigenvalue weighted by molar-refractivity contribution is 5.78. The molecule has 7 heteroatoms. The summed E-state index contributed by atoms with van der Waals surface area (Å²) in [6.45, 7) is 5.59. The van der Waals surface area contributed by atoms with Crippen molar-refractivity contribution in [2.75, 3.05) is 13.1 Å². The van der Waals surface area contributed by atoms with E-state index in [0.717, 1.165) is 55.6 Å². The molecule has 3 aromatic rings. The van der Waals surface area contributed by atoms with E-state index in [9.17, 15) is 27.5 Å². The Hall–Kier alpha value is -3.19. The van der Waals surface area contributed by atoms with E-state index >= 15 is 0 Å². The number of likely N-dealkylation sites (tertiary alicyclic amines) is 1. The van der Waals surface area contributed by atoms with Gasteiger partial charge in [0.1, 0.15) is 5.82 Å². The van der Waals surface area contributed by atoms with E-state index in [1.807, 2.05) is 32.0 Å². The number of carboxylic acid groups (broad SMARTS) is 1. The van der Waals surface area contributed by atoms with Gasteiger partial charge in [0.05, 0.1) is 17.5 Å². The molecule has 0 amide bonds. The van der Waals surface area contributed by atoms with Crippen LogP contribution in [0.2, 0.25) is 0 Å². The van der Waals surface area contributed by atoms with Gasteiger partial charge in [-0.1, -0.05) is 56.7 Å². The van der Waals surface area contributed by atoms with Crippen molar-refractivity contribution in [3.8, 4) is 11.1 Å². The molecule has 1 heterocycles. The summed E-state index contributed by atoms with van der Waals surface area (Å²) in [4.78, 5) is 14.5. The smallest absolute Gasteiger partial charge is 0.416 e. The highest BCUT2D eigenvalue weighted by Crippen LogP contribution is 2.40. The molecule has 3 nitrogen and oxygen atoms in total. The van der Waals surface area contributed by atoms with Gasteiger partial charge in [-0.05, 0) is 96.4 Å². The van der Waals surface area contributed by atoms with E-state index < -0.39 is 23.6 Å². The van der Waals surface area contributed by atoms with Gasteiger partial charge in [-0.2, -0.15) is 13.2 Å². The van der Waals surface area contributed by atoms with Crippen LogP contribution in [-0.4, -0.2) is 29.1 Å². The van der Waals surface area contributed by atoms with Gasteiger partial charge in [-0.3, -0.25) is 9.69 Å². The van der Waals surface area contributed by atoms with Crippen LogP contribution in [0, 0.1) is 11.7 Å². The number of benzene rings is 3. The molecule has 0 spiro atoms. The summed E-state index contributed by atoms with van der Waals surface area (Å²) in [7, 11) is 0. The van der Waals surface area contributed by atoms with Crippen molar-refractivity contribution < 1.29 is 27.5 Å². The average molecular weight is 528 g/mol. The normalized spacial score (nSPS) is 16.4. The minimum absolute atomic E-state index is 0.144. The molecule has 0 aliphatic carbocycles. The minimum Gasteiger partial charge on any atom is -0.481 e. The fraction of sp³-hybridized carbons (Fsp3) is 0.387. The molecule has 1 aliphatic rings. The van der Waals surface area contributed by atoms with Crippen LogP contribution < -0.4 is 0 Å². The first-order valence-corrected chi connectivity index (χ1v) is 13.1. The predicted octanol–water partition coefficient (Wildman–Crippen LogP) is 8.30. The van der Waals surface area contributed by atoms with Gasteiger partial charge in [0.2, 0.25) is 0 Å². The van der Waals surface area contributed by atoms with E-state index in [2.05, 4.69) is 4.90 Å². The van der Waals surface area contributed by atoms with Crippen LogP contribution in [0.3, 0.4) is 0 Å². The first kappa shape index (κ1) is 27.8. The molecule has 0 bridgehead atoms. The molecule has 1 aliphatic heterocycles. The minimum atomic E-state index is -4.46. The van der Waals surface area contributed by atoms with Gasteiger partial charge < -0.3 is 5.11 Å². The van der Waals surface area contributed by atoms with Crippen molar-refractivity contribution in [1.82, 2.24) is 4.90 Å². The second kappa shape index (κ2) is 11.7. The second-order valence-electron chi connectivity index (χ2n) is 10.5. The highest BCUT2D eigenvalue weighted by atomic mass is 19.4. The average Bonchev–Trinajstić information content (AvgIpc) is 2.89. The zero-order valence-corrected chi connectivity index (χ0v) is 21.6. The van der Waals surface area contributed by atoms with Gasteiger partial charge in [0, 0.05) is 0 Å². The summed E-state index contributed by atoms with van der Waals surface area (Å²) in [6.07, 6.45) is -0.872. The standard InChI is InChI=1S/C31H33F4NO2/c1-20(2)18-28(30(37)38)23-10-15-26(27(19-23)21-6-11-24(12-7-21)31(33,34)35)29(36-16-4-3-5-17-36)22-8-13-25(32)14-9-22/h6-15,19-20,28-29H,3-5,16-18H2,1-2H3,(H,37,38). The summed E-state index contributed by atoms with van der Waals surface area (Å²) >= 11 is 0. The van der Waals surface area contributed by atoms with E-state index in [0.29, 0.717) is 23.1 Å². The zero-order valence-electron chi connectivity index (χ0n) is 21.6. The number of carbonyl (C=O) groups is 1. The number of piperidine rings is 1. The fourth-order valence-electron chi connectivity index (χ4n) is 5.38. The van der Waals surface area contributed by atoms with Crippen molar-refractivity contribution in [2.45, 2.75) is 57.7 Å². The lowest BCUT2D eigenvalue weighted by molar-refractivity contribution is -0.139. The van der Waals surface area contributed by atoms with Crippen LogP contribution in [0.25, 0.3) is 11.1 Å². The third-order valence-corrected chi connectivity index (χ3v) is 7.24. The predicted molar refractivity (Wildman–Crippen MR) is 140 cm³/mol. The quantitative estimate of drug-likeness (QED) is 0.300. The van der Waals surface area contributed by atoms with Crippen molar-refractivity contribution >= 4 is 5.97 Å². The number of hydrogen-bond donors (Lipinski definition) is 1. The van der Waals surface area contributed by atoms with Crippen molar-refractivity contribution in [2.24, 2.45) is 5.92 Å². The maximum Gasteiger partial charge on any atom is 0.416 e. The molecule has 2 atom stereocenters. The van der Waals surface area contributed by atoms with Gasteiger partial charge in [-0.15, -0.1) is 0 Å². The van der Waals surface area contributed by atoms with Crippen LogP contribution in [0.1, 0.15) is 73.7 Å². The lowest BCUT2D eigenvalue weighted by Gasteiger charge is -2.36. The van der Waals surface area contributed by atoms with Crippen molar-refractivity contribution in [3.05, 3.63) is 94.8 Å². The Morgan fingerprint density at radius 3 is 2.05 bits per heavy atom. The van der Waals surface area contributed by atoms with Crippen LogP contribution in [-0.2, 0) is 11.0 Å². The summed E-state index contributed by atoms with van der Waals surface area (Å²) in [5.41, 5.74) is 2.87. The molecular formula is C31H33F4NO2. The summed E-state index contributed by atoms with van der Waals surface area (Å²) in [6, 6.07) is 16.6. The molecule has 2 unspecified atom stereocenters. The third kappa shape index (κ3) is 6.44. The second-order valence-corrected chi connectivity index (χ2v) is 10.5. The SMILES string of the molecule is CC(C)CC(C(=O)O)c1ccc(C(c2ccc(F)cc2)N2CCCCC2)c(-c2ccc(C(F)(F)F)cc2)c1.